The summed E-state index contributed by atoms with van der Waals surface area (Å²) in [5.41, 5.74) is 1.95. The lowest BCUT2D eigenvalue weighted by Gasteiger charge is -2.41. The van der Waals surface area contributed by atoms with E-state index in [0.29, 0.717) is 6.54 Å². The highest BCUT2D eigenvalue weighted by Crippen LogP contribution is 2.41. The van der Waals surface area contributed by atoms with E-state index in [4.69, 9.17) is 0 Å². The summed E-state index contributed by atoms with van der Waals surface area (Å²) in [4.78, 5) is 4.09. The molecule has 2 aromatic carbocycles. The molecule has 0 saturated heterocycles. The van der Waals surface area contributed by atoms with Gasteiger partial charge < -0.3 is 9.67 Å². The van der Waals surface area contributed by atoms with Gasteiger partial charge in [-0.25, -0.2) is 4.98 Å². The molecule has 0 saturated carbocycles. The van der Waals surface area contributed by atoms with E-state index < -0.39 is 5.60 Å². The van der Waals surface area contributed by atoms with E-state index in [1.165, 1.54) is 5.56 Å². The van der Waals surface area contributed by atoms with Crippen LogP contribution in [0.3, 0.4) is 0 Å². The number of rotatable bonds is 4. The Hall–Kier alpha value is -2.39. The number of nitrogens with zero attached hydrogens (tertiary/aromatic N) is 2. The van der Waals surface area contributed by atoms with Gasteiger partial charge in [-0.2, -0.15) is 0 Å². The van der Waals surface area contributed by atoms with Crippen LogP contribution in [0.5, 0.6) is 0 Å². The monoisotopic (exact) mass is 320 g/mol. The summed E-state index contributed by atoms with van der Waals surface area (Å²) >= 11 is 0. The van der Waals surface area contributed by atoms with E-state index in [1.807, 2.05) is 41.1 Å². The van der Waals surface area contributed by atoms with Crippen LogP contribution in [0.1, 0.15) is 26.3 Å². The molecular weight excluding hydrogens is 296 g/mol. The molecule has 1 unspecified atom stereocenters. The van der Waals surface area contributed by atoms with E-state index in [-0.39, 0.29) is 5.41 Å². The Morgan fingerprint density at radius 2 is 1.54 bits per heavy atom. The topological polar surface area (TPSA) is 38.0 Å². The predicted molar refractivity (Wildman–Crippen MR) is 97.5 cm³/mol. The summed E-state index contributed by atoms with van der Waals surface area (Å²) in [6, 6.07) is 18.5. The quantitative estimate of drug-likeness (QED) is 0.769. The van der Waals surface area contributed by atoms with Crippen LogP contribution >= 0.6 is 0 Å². The Morgan fingerprint density at radius 3 is 2.08 bits per heavy atom. The molecule has 1 atom stereocenters. The minimum absolute atomic E-state index is 0.314. The lowest BCUT2D eigenvalue weighted by Crippen LogP contribution is -2.43. The van der Waals surface area contributed by atoms with Gasteiger partial charge in [0.1, 0.15) is 5.60 Å². The zero-order chi connectivity index (χ0) is 17.2. The van der Waals surface area contributed by atoms with Crippen molar-refractivity contribution in [1.82, 2.24) is 9.55 Å². The first kappa shape index (κ1) is 16.5. The van der Waals surface area contributed by atoms with Gasteiger partial charge in [-0.15, -0.1) is 0 Å². The summed E-state index contributed by atoms with van der Waals surface area (Å²) in [7, 11) is 0. The second kappa shape index (κ2) is 6.25. The molecule has 0 aliphatic rings. The highest BCUT2D eigenvalue weighted by Gasteiger charge is 2.41. The van der Waals surface area contributed by atoms with Gasteiger partial charge >= 0.3 is 0 Å². The lowest BCUT2D eigenvalue weighted by molar-refractivity contribution is -0.0781. The van der Waals surface area contributed by atoms with Crippen LogP contribution in [0.25, 0.3) is 11.1 Å². The van der Waals surface area contributed by atoms with Gasteiger partial charge in [-0.05, 0) is 22.1 Å². The maximum absolute atomic E-state index is 11.5. The number of imidazole rings is 1. The Bertz CT molecular complexity index is 771. The van der Waals surface area contributed by atoms with Gasteiger partial charge in [0.15, 0.2) is 0 Å². The number of aliphatic hydroxyl groups is 1. The maximum atomic E-state index is 11.5. The summed E-state index contributed by atoms with van der Waals surface area (Å²) < 4.78 is 1.93. The second-order valence-corrected chi connectivity index (χ2v) is 7.29. The first-order valence-corrected chi connectivity index (χ1v) is 8.24. The van der Waals surface area contributed by atoms with Crippen molar-refractivity contribution >= 4 is 0 Å². The van der Waals surface area contributed by atoms with E-state index >= 15 is 0 Å². The molecule has 3 nitrogen and oxygen atoms in total. The summed E-state index contributed by atoms with van der Waals surface area (Å²) in [5, 5.41) is 11.5. The fourth-order valence-electron chi connectivity index (χ4n) is 2.97. The molecule has 24 heavy (non-hydrogen) atoms. The van der Waals surface area contributed by atoms with Crippen LogP contribution in [0, 0.1) is 5.41 Å². The van der Waals surface area contributed by atoms with Crippen molar-refractivity contribution in [3.63, 3.8) is 0 Å². The minimum Gasteiger partial charge on any atom is -0.383 e. The summed E-state index contributed by atoms with van der Waals surface area (Å²) in [6.07, 6.45) is 5.37. The number of benzene rings is 2. The van der Waals surface area contributed by atoms with Crippen molar-refractivity contribution in [3.8, 4) is 11.1 Å². The average Bonchev–Trinajstić information content (AvgIpc) is 3.07. The average molecular weight is 320 g/mol. The van der Waals surface area contributed by atoms with Gasteiger partial charge in [-0.1, -0.05) is 75.4 Å². The fourth-order valence-corrected chi connectivity index (χ4v) is 2.97. The molecule has 3 aromatic rings. The van der Waals surface area contributed by atoms with Crippen molar-refractivity contribution in [1.29, 1.82) is 0 Å². The summed E-state index contributed by atoms with van der Waals surface area (Å²) in [6.45, 7) is 6.67. The smallest absolute Gasteiger partial charge is 0.112 e. The molecule has 1 aromatic heterocycles. The van der Waals surface area contributed by atoms with Gasteiger partial charge in [0, 0.05) is 12.4 Å². The van der Waals surface area contributed by atoms with E-state index in [9.17, 15) is 5.11 Å². The normalized spacial score (nSPS) is 14.3. The van der Waals surface area contributed by atoms with Crippen LogP contribution in [0.15, 0.2) is 73.3 Å². The summed E-state index contributed by atoms with van der Waals surface area (Å²) in [5.74, 6) is 0. The van der Waals surface area contributed by atoms with Crippen LogP contribution in [0.2, 0.25) is 0 Å². The van der Waals surface area contributed by atoms with E-state index in [2.05, 4.69) is 50.0 Å². The molecule has 0 aliphatic heterocycles. The predicted octanol–water partition coefficient (Wildman–Crippen LogP) is 4.48. The van der Waals surface area contributed by atoms with Crippen molar-refractivity contribution in [2.75, 3.05) is 0 Å². The Kier molecular flexibility index (Phi) is 4.29. The SMILES string of the molecule is CC(C)(C)C(O)(Cn1ccnc1)c1ccc(-c2ccccc2)cc1. The maximum Gasteiger partial charge on any atom is 0.112 e. The third kappa shape index (κ3) is 3.13. The third-order valence-electron chi connectivity index (χ3n) is 4.68. The largest absolute Gasteiger partial charge is 0.383 e. The van der Waals surface area contributed by atoms with E-state index in [1.54, 1.807) is 12.5 Å². The Labute approximate surface area is 143 Å². The van der Waals surface area contributed by atoms with Crippen LogP contribution in [-0.2, 0) is 12.1 Å². The fraction of sp³-hybridized carbons (Fsp3) is 0.286. The Morgan fingerprint density at radius 1 is 0.917 bits per heavy atom. The van der Waals surface area contributed by atoms with Crippen LogP contribution in [-0.4, -0.2) is 14.7 Å². The number of aromatic nitrogens is 2. The molecule has 0 amide bonds. The highest BCUT2D eigenvalue weighted by atomic mass is 16.3. The zero-order valence-corrected chi connectivity index (χ0v) is 14.5. The second-order valence-electron chi connectivity index (χ2n) is 7.29. The molecule has 124 valence electrons. The van der Waals surface area contributed by atoms with Crippen molar-refractivity contribution in [3.05, 3.63) is 78.9 Å². The van der Waals surface area contributed by atoms with Gasteiger partial charge in [0.25, 0.3) is 0 Å². The molecule has 0 spiro atoms. The Balaban J connectivity index is 1.96. The van der Waals surface area contributed by atoms with Gasteiger partial charge in [0.2, 0.25) is 0 Å². The highest BCUT2D eigenvalue weighted by molar-refractivity contribution is 5.63. The van der Waals surface area contributed by atoms with Crippen LogP contribution < -0.4 is 0 Å². The first-order chi connectivity index (χ1) is 11.4. The van der Waals surface area contributed by atoms with Crippen molar-refractivity contribution in [2.24, 2.45) is 5.41 Å². The van der Waals surface area contributed by atoms with Gasteiger partial charge in [0.05, 0.1) is 12.9 Å². The van der Waals surface area contributed by atoms with Gasteiger partial charge in [-0.3, -0.25) is 0 Å². The lowest BCUT2D eigenvalue weighted by atomic mass is 9.72. The molecule has 0 fully saturated rings. The van der Waals surface area contributed by atoms with Crippen molar-refractivity contribution in [2.45, 2.75) is 32.9 Å². The van der Waals surface area contributed by atoms with E-state index in [0.717, 1.165) is 11.1 Å². The molecule has 1 N–H and O–H groups in total. The zero-order valence-electron chi connectivity index (χ0n) is 14.5. The molecule has 1 heterocycles. The molecule has 0 bridgehead atoms. The first-order valence-electron chi connectivity index (χ1n) is 8.24. The molecule has 3 heteroatoms. The van der Waals surface area contributed by atoms with Crippen molar-refractivity contribution < 1.29 is 5.11 Å². The molecule has 3 rings (SSSR count). The number of hydrogen-bond donors (Lipinski definition) is 1. The number of hydrogen-bond acceptors (Lipinski definition) is 2. The molecule has 0 aliphatic carbocycles. The standard InChI is InChI=1S/C21H24N2O/c1-20(2,3)21(24,15-23-14-13-22-16-23)19-11-9-18(10-12-19)17-7-5-4-6-8-17/h4-14,16,24H,15H2,1-3H3. The van der Waals surface area contributed by atoms with Crippen LogP contribution in [0.4, 0.5) is 0 Å². The third-order valence-corrected chi connectivity index (χ3v) is 4.68. The molecular formula is C21H24N2O. The molecule has 0 radical (unpaired) electrons. The minimum atomic E-state index is -0.983.